The molecular formula is C5H12FO2P. The van der Waals surface area contributed by atoms with Crippen LogP contribution in [0, 0.1) is 0 Å². The van der Waals surface area contributed by atoms with Gasteiger partial charge in [0, 0.05) is 0 Å². The van der Waals surface area contributed by atoms with E-state index in [0.29, 0.717) is 0 Å². The van der Waals surface area contributed by atoms with Crippen molar-refractivity contribution in [2.45, 2.75) is 32.1 Å². The second kappa shape index (κ2) is 5.10. The summed E-state index contributed by atoms with van der Waals surface area (Å²) in [4.78, 5) is 16.6. The van der Waals surface area contributed by atoms with Gasteiger partial charge in [-0.2, -0.15) is 0 Å². The molecule has 2 nitrogen and oxygen atoms in total. The number of alkyl halides is 1. The van der Waals surface area contributed by atoms with E-state index in [4.69, 9.17) is 9.79 Å². The van der Waals surface area contributed by atoms with Gasteiger partial charge in [-0.15, -0.1) is 0 Å². The molecule has 0 aromatic heterocycles. The summed E-state index contributed by atoms with van der Waals surface area (Å²) >= 11 is 0. The van der Waals surface area contributed by atoms with Gasteiger partial charge in [-0.25, -0.2) is 4.39 Å². The smallest absolute Gasteiger partial charge is 0.201 e. The van der Waals surface area contributed by atoms with Crippen LogP contribution in [0.15, 0.2) is 0 Å². The van der Waals surface area contributed by atoms with Crippen LogP contribution in [0.1, 0.15) is 26.2 Å². The molecule has 0 bridgehead atoms. The average Bonchev–Trinajstić information content (AvgIpc) is 1.82. The molecule has 1 atom stereocenters. The molecule has 0 aromatic carbocycles. The molecule has 2 N–H and O–H groups in total. The van der Waals surface area contributed by atoms with Gasteiger partial charge in [-0.05, 0) is 6.42 Å². The summed E-state index contributed by atoms with van der Waals surface area (Å²) in [6.45, 7) is 1.93. The summed E-state index contributed by atoms with van der Waals surface area (Å²) in [7, 11) is -2.34. The van der Waals surface area contributed by atoms with Crippen molar-refractivity contribution in [1.82, 2.24) is 0 Å². The van der Waals surface area contributed by atoms with E-state index in [1.165, 1.54) is 0 Å². The Hall–Kier alpha value is 0.280. The zero-order valence-electron chi connectivity index (χ0n) is 5.42. The predicted octanol–water partition coefficient (Wildman–Crippen LogP) is 1.77. The van der Waals surface area contributed by atoms with E-state index in [1.807, 2.05) is 6.92 Å². The zero-order chi connectivity index (χ0) is 7.28. The van der Waals surface area contributed by atoms with Crippen LogP contribution in [-0.2, 0) is 0 Å². The van der Waals surface area contributed by atoms with Crippen LogP contribution < -0.4 is 0 Å². The normalized spacial score (nSPS) is 14.3. The highest BCUT2D eigenvalue weighted by atomic mass is 31.2. The summed E-state index contributed by atoms with van der Waals surface area (Å²) in [5.74, 6) is -1.40. The molecule has 0 aliphatic heterocycles. The van der Waals surface area contributed by atoms with E-state index in [9.17, 15) is 4.39 Å². The minimum absolute atomic E-state index is 0.273. The summed E-state index contributed by atoms with van der Waals surface area (Å²) in [6.07, 6.45) is 1.89. The highest BCUT2D eigenvalue weighted by molar-refractivity contribution is 7.45. The van der Waals surface area contributed by atoms with Gasteiger partial charge >= 0.3 is 0 Å². The fraction of sp³-hybridized carbons (Fsp3) is 1.00. The van der Waals surface area contributed by atoms with E-state index in [1.54, 1.807) is 0 Å². The second-order valence-electron chi connectivity index (χ2n) is 1.90. The maximum absolute atomic E-state index is 12.2. The molecule has 0 spiro atoms. The van der Waals surface area contributed by atoms with Crippen LogP contribution in [0.2, 0.25) is 0 Å². The molecule has 9 heavy (non-hydrogen) atoms. The topological polar surface area (TPSA) is 40.5 Å². The van der Waals surface area contributed by atoms with Crippen LogP contribution in [0.3, 0.4) is 0 Å². The monoisotopic (exact) mass is 154 g/mol. The van der Waals surface area contributed by atoms with Crippen LogP contribution in [0.4, 0.5) is 4.39 Å². The van der Waals surface area contributed by atoms with E-state index in [0.717, 1.165) is 12.8 Å². The molecule has 0 aromatic rings. The van der Waals surface area contributed by atoms with Crippen molar-refractivity contribution < 1.29 is 14.2 Å². The lowest BCUT2D eigenvalue weighted by atomic mass is 10.3. The molecule has 0 aliphatic carbocycles. The summed E-state index contributed by atoms with van der Waals surface area (Å²) < 4.78 is 12.2. The quantitative estimate of drug-likeness (QED) is 0.606. The third kappa shape index (κ3) is 4.76. The zero-order valence-corrected chi connectivity index (χ0v) is 6.31. The number of unbranched alkanes of at least 4 members (excludes halogenated alkanes) is 1. The Morgan fingerprint density at radius 1 is 1.56 bits per heavy atom. The summed E-state index contributed by atoms with van der Waals surface area (Å²) in [6, 6.07) is 0. The van der Waals surface area contributed by atoms with Gasteiger partial charge < -0.3 is 9.79 Å². The Labute approximate surface area is 55.6 Å². The maximum atomic E-state index is 12.2. The lowest BCUT2D eigenvalue weighted by Crippen LogP contribution is -1.95. The van der Waals surface area contributed by atoms with Gasteiger partial charge in [0.05, 0.1) is 0 Å². The molecule has 4 heteroatoms. The van der Waals surface area contributed by atoms with Crippen LogP contribution in [0.25, 0.3) is 0 Å². The van der Waals surface area contributed by atoms with Gasteiger partial charge in [-0.3, -0.25) is 0 Å². The van der Waals surface area contributed by atoms with E-state index >= 15 is 0 Å². The van der Waals surface area contributed by atoms with Crippen molar-refractivity contribution >= 4 is 8.38 Å². The van der Waals surface area contributed by atoms with E-state index < -0.39 is 14.3 Å². The standard InChI is InChI=1S/C5H12FO2P/c1-2-3-4-5(6)9(7)8/h5,7-8H,2-4H2,1H3. The molecule has 1 unspecified atom stereocenters. The first-order valence-electron chi connectivity index (χ1n) is 2.99. The molecule has 0 amide bonds. The predicted molar refractivity (Wildman–Crippen MR) is 35.8 cm³/mol. The first-order chi connectivity index (χ1) is 4.18. The van der Waals surface area contributed by atoms with Crippen molar-refractivity contribution in [1.29, 1.82) is 0 Å². The molecule has 0 fully saturated rings. The van der Waals surface area contributed by atoms with Crippen LogP contribution in [-0.4, -0.2) is 15.7 Å². The molecule has 0 saturated carbocycles. The van der Waals surface area contributed by atoms with Gasteiger partial charge in [0.1, 0.15) is 0 Å². The van der Waals surface area contributed by atoms with Gasteiger partial charge in [0.2, 0.25) is 8.38 Å². The lowest BCUT2D eigenvalue weighted by Gasteiger charge is -2.06. The van der Waals surface area contributed by atoms with Crippen LogP contribution >= 0.6 is 8.38 Å². The molecule has 0 heterocycles. The number of halogens is 1. The lowest BCUT2D eigenvalue weighted by molar-refractivity contribution is 0.346. The Bertz CT molecular complexity index is 70.0. The molecule has 56 valence electrons. The Kier molecular flexibility index (Phi) is 5.25. The molecule has 0 saturated heterocycles. The molecular weight excluding hydrogens is 142 g/mol. The fourth-order valence-corrected chi connectivity index (χ4v) is 0.902. The van der Waals surface area contributed by atoms with E-state index in [2.05, 4.69) is 0 Å². The molecule has 0 radical (unpaired) electrons. The van der Waals surface area contributed by atoms with Gasteiger partial charge in [-0.1, -0.05) is 19.8 Å². The third-order valence-corrected chi connectivity index (χ3v) is 1.81. The third-order valence-electron chi connectivity index (χ3n) is 1.05. The molecule has 0 aliphatic rings. The summed E-state index contributed by atoms with van der Waals surface area (Å²) in [5.41, 5.74) is 0. The number of rotatable bonds is 4. The van der Waals surface area contributed by atoms with Crippen molar-refractivity contribution in [3.8, 4) is 0 Å². The van der Waals surface area contributed by atoms with Crippen molar-refractivity contribution in [2.75, 3.05) is 0 Å². The number of hydrogen-bond donors (Lipinski definition) is 2. The summed E-state index contributed by atoms with van der Waals surface area (Å²) in [5, 5.41) is 0. The highest BCUT2D eigenvalue weighted by Gasteiger charge is 2.14. The Morgan fingerprint density at radius 3 is 2.44 bits per heavy atom. The van der Waals surface area contributed by atoms with Crippen molar-refractivity contribution in [2.24, 2.45) is 0 Å². The minimum atomic E-state index is -2.34. The van der Waals surface area contributed by atoms with Gasteiger partial charge in [0.15, 0.2) is 5.91 Å². The minimum Gasteiger partial charge on any atom is -0.348 e. The van der Waals surface area contributed by atoms with Gasteiger partial charge in [0.25, 0.3) is 0 Å². The van der Waals surface area contributed by atoms with Crippen LogP contribution in [0.5, 0.6) is 0 Å². The number of hydrogen-bond acceptors (Lipinski definition) is 2. The first kappa shape index (κ1) is 9.28. The second-order valence-corrected chi connectivity index (χ2v) is 3.10. The molecule has 0 rings (SSSR count). The Morgan fingerprint density at radius 2 is 2.11 bits per heavy atom. The Balaban J connectivity index is 3.16. The fourth-order valence-electron chi connectivity index (χ4n) is 0.488. The average molecular weight is 154 g/mol. The first-order valence-corrected chi connectivity index (χ1v) is 4.31. The maximum Gasteiger partial charge on any atom is 0.201 e. The van der Waals surface area contributed by atoms with Crippen molar-refractivity contribution in [3.63, 3.8) is 0 Å². The van der Waals surface area contributed by atoms with Crippen molar-refractivity contribution in [3.05, 3.63) is 0 Å². The van der Waals surface area contributed by atoms with E-state index in [-0.39, 0.29) is 6.42 Å². The highest BCUT2D eigenvalue weighted by Crippen LogP contribution is 2.34. The SMILES string of the molecule is CCCCC(F)P(O)O. The largest absolute Gasteiger partial charge is 0.348 e.